The first-order chi connectivity index (χ1) is 15.8. The molecule has 1 amide bonds. The van der Waals surface area contributed by atoms with Crippen LogP contribution in [-0.4, -0.2) is 58.0 Å². The number of hydrogen-bond donors (Lipinski definition) is 1. The van der Waals surface area contributed by atoms with Gasteiger partial charge < -0.3 is 10.1 Å². The molecule has 0 radical (unpaired) electrons. The highest BCUT2D eigenvalue weighted by atomic mass is 19.4. The van der Waals surface area contributed by atoms with Crippen molar-refractivity contribution in [1.82, 2.24) is 24.6 Å². The molecule has 1 aromatic carbocycles. The van der Waals surface area contributed by atoms with Crippen molar-refractivity contribution in [1.29, 1.82) is 0 Å². The Bertz CT molecular complexity index is 1010. The number of rotatable bonds is 6. The fraction of sp³-hybridized carbons (Fsp3) is 0.591. The van der Waals surface area contributed by atoms with Crippen molar-refractivity contribution < 1.29 is 22.7 Å². The zero-order chi connectivity index (χ0) is 23.4. The molecule has 0 spiro atoms. The van der Waals surface area contributed by atoms with E-state index in [4.69, 9.17) is 4.74 Å². The summed E-state index contributed by atoms with van der Waals surface area (Å²) in [7, 11) is 0. The van der Waals surface area contributed by atoms with E-state index in [0.29, 0.717) is 44.2 Å². The third-order valence-corrected chi connectivity index (χ3v) is 6.18. The molecular formula is C22H28F3N5O3. The van der Waals surface area contributed by atoms with Gasteiger partial charge in [-0.1, -0.05) is 18.6 Å². The number of alkyl halides is 3. The van der Waals surface area contributed by atoms with Crippen molar-refractivity contribution in [2.45, 2.75) is 51.0 Å². The number of nitrogens with zero attached hydrogens (tertiary/aromatic N) is 4. The average Bonchev–Trinajstić information content (AvgIpc) is 2.95. The first kappa shape index (κ1) is 23.5. The molecule has 1 N–H and O–H groups in total. The average molecular weight is 467 g/mol. The van der Waals surface area contributed by atoms with Crippen LogP contribution in [0.15, 0.2) is 29.1 Å². The molecule has 2 aromatic rings. The van der Waals surface area contributed by atoms with Crippen LogP contribution in [0.2, 0.25) is 0 Å². The Labute approximate surface area is 189 Å². The smallest absolute Gasteiger partial charge is 0.379 e. The number of fused-ring (bicyclic) bond motifs is 1. The van der Waals surface area contributed by atoms with E-state index >= 15 is 0 Å². The number of benzene rings is 1. The quantitative estimate of drug-likeness (QED) is 0.703. The normalized spacial score (nSPS) is 18.4. The van der Waals surface area contributed by atoms with E-state index in [1.54, 1.807) is 4.57 Å². The Balaban J connectivity index is 1.44. The summed E-state index contributed by atoms with van der Waals surface area (Å²) in [6.07, 6.45) is -0.750. The van der Waals surface area contributed by atoms with Crippen molar-refractivity contribution in [3.05, 3.63) is 51.7 Å². The van der Waals surface area contributed by atoms with E-state index < -0.39 is 11.7 Å². The molecule has 0 saturated carbocycles. The summed E-state index contributed by atoms with van der Waals surface area (Å²) in [6.45, 7) is 2.86. The maximum absolute atomic E-state index is 13.0. The topological polar surface area (TPSA) is 81.4 Å². The number of aromatic nitrogens is 3. The molecule has 3 heterocycles. The fourth-order valence-corrected chi connectivity index (χ4v) is 4.37. The maximum Gasteiger partial charge on any atom is 0.416 e. The van der Waals surface area contributed by atoms with E-state index in [0.717, 1.165) is 37.8 Å². The lowest BCUT2D eigenvalue weighted by molar-refractivity contribution is -0.137. The van der Waals surface area contributed by atoms with Crippen LogP contribution in [0, 0.1) is 0 Å². The van der Waals surface area contributed by atoms with Gasteiger partial charge in [0.25, 0.3) is 0 Å². The summed E-state index contributed by atoms with van der Waals surface area (Å²) < 4.78 is 47.1. The molecule has 4 rings (SSSR count). The highest BCUT2D eigenvalue weighted by Gasteiger charge is 2.31. The number of aryl methyl sites for hydroxylation is 1. The Kier molecular flexibility index (Phi) is 7.18. The monoisotopic (exact) mass is 467 g/mol. The van der Waals surface area contributed by atoms with E-state index in [-0.39, 0.29) is 30.7 Å². The number of hydrogen-bond acceptors (Lipinski definition) is 5. The van der Waals surface area contributed by atoms with Gasteiger partial charge in [-0.05, 0) is 30.5 Å². The number of morpholine rings is 1. The van der Waals surface area contributed by atoms with Crippen LogP contribution in [0.4, 0.5) is 13.2 Å². The lowest BCUT2D eigenvalue weighted by atomic mass is 10.0. The molecule has 8 nitrogen and oxygen atoms in total. The third kappa shape index (κ3) is 5.64. The van der Waals surface area contributed by atoms with Crippen molar-refractivity contribution >= 4 is 5.91 Å². The van der Waals surface area contributed by atoms with Gasteiger partial charge in [0, 0.05) is 32.6 Å². The van der Waals surface area contributed by atoms with Gasteiger partial charge in [0.05, 0.1) is 24.8 Å². The standard InChI is InChI=1S/C22H28F3N5O3/c23-22(24,25)17-7-5-16(6-8-17)18(28-10-12-33-13-11-28)14-26-20(31)15-30-21(32)29-9-3-1-2-4-19(29)27-30/h5-8,18H,1-4,9-15H2,(H,26,31). The molecule has 1 saturated heterocycles. The summed E-state index contributed by atoms with van der Waals surface area (Å²) in [6, 6.07) is 4.71. The first-order valence-corrected chi connectivity index (χ1v) is 11.2. The molecule has 11 heteroatoms. The van der Waals surface area contributed by atoms with E-state index in [2.05, 4.69) is 15.3 Å². The lowest BCUT2D eigenvalue weighted by Gasteiger charge is -2.35. The van der Waals surface area contributed by atoms with Gasteiger partial charge in [-0.3, -0.25) is 14.3 Å². The van der Waals surface area contributed by atoms with Gasteiger partial charge in [-0.25, -0.2) is 9.48 Å². The molecule has 2 aliphatic heterocycles. The highest BCUT2D eigenvalue weighted by molar-refractivity contribution is 5.75. The maximum atomic E-state index is 13.0. The third-order valence-electron chi connectivity index (χ3n) is 6.18. The van der Waals surface area contributed by atoms with Crippen molar-refractivity contribution in [2.75, 3.05) is 32.8 Å². The molecule has 33 heavy (non-hydrogen) atoms. The second-order valence-corrected chi connectivity index (χ2v) is 8.41. The first-order valence-electron chi connectivity index (χ1n) is 11.2. The van der Waals surface area contributed by atoms with Gasteiger partial charge in [0.1, 0.15) is 12.4 Å². The van der Waals surface area contributed by atoms with Gasteiger partial charge in [0.2, 0.25) is 5.91 Å². The predicted octanol–water partition coefficient (Wildman–Crippen LogP) is 1.98. The molecule has 180 valence electrons. The summed E-state index contributed by atoms with van der Waals surface area (Å²) in [5, 5.41) is 7.17. The molecule has 1 atom stereocenters. The van der Waals surface area contributed by atoms with E-state index in [9.17, 15) is 22.8 Å². The van der Waals surface area contributed by atoms with Gasteiger partial charge in [0.15, 0.2) is 0 Å². The van der Waals surface area contributed by atoms with Gasteiger partial charge >= 0.3 is 11.9 Å². The highest BCUT2D eigenvalue weighted by Crippen LogP contribution is 2.31. The van der Waals surface area contributed by atoms with Crippen LogP contribution in [-0.2, 0) is 35.2 Å². The summed E-state index contributed by atoms with van der Waals surface area (Å²) in [5.41, 5.74) is -0.319. The summed E-state index contributed by atoms with van der Waals surface area (Å²) >= 11 is 0. The number of carbonyl (C=O) groups excluding carboxylic acids is 1. The minimum atomic E-state index is -4.41. The van der Waals surface area contributed by atoms with Crippen molar-refractivity contribution in [3.8, 4) is 0 Å². The zero-order valence-electron chi connectivity index (χ0n) is 18.3. The molecule has 2 aliphatic rings. The number of nitrogens with one attached hydrogen (secondary N) is 1. The van der Waals surface area contributed by atoms with Gasteiger partial charge in [-0.15, -0.1) is 0 Å². The second kappa shape index (κ2) is 10.1. The molecule has 1 aromatic heterocycles. The largest absolute Gasteiger partial charge is 0.416 e. The molecular weight excluding hydrogens is 439 g/mol. The van der Waals surface area contributed by atoms with Crippen LogP contribution in [0.3, 0.4) is 0 Å². The van der Waals surface area contributed by atoms with E-state index in [1.807, 2.05) is 0 Å². The molecule has 1 unspecified atom stereocenters. The lowest BCUT2D eigenvalue weighted by Crippen LogP contribution is -2.44. The Morgan fingerprint density at radius 1 is 1.09 bits per heavy atom. The van der Waals surface area contributed by atoms with Crippen LogP contribution in [0.1, 0.15) is 42.3 Å². The summed E-state index contributed by atoms with van der Waals surface area (Å²) in [4.78, 5) is 27.3. The fourth-order valence-electron chi connectivity index (χ4n) is 4.37. The SMILES string of the molecule is O=C(Cn1nc2n(c1=O)CCCCC2)NCC(c1ccc(C(F)(F)F)cc1)N1CCOCC1. The van der Waals surface area contributed by atoms with Gasteiger partial charge in [-0.2, -0.15) is 18.3 Å². The number of amides is 1. The number of carbonyl (C=O) groups is 1. The minimum absolute atomic E-state index is 0.193. The molecule has 0 bridgehead atoms. The number of halogens is 3. The molecule has 1 fully saturated rings. The summed E-state index contributed by atoms with van der Waals surface area (Å²) in [5.74, 6) is 0.344. The number of ether oxygens (including phenoxy) is 1. The van der Waals surface area contributed by atoms with Crippen LogP contribution in [0.25, 0.3) is 0 Å². The Morgan fingerprint density at radius 2 is 1.82 bits per heavy atom. The Morgan fingerprint density at radius 3 is 2.52 bits per heavy atom. The van der Waals surface area contributed by atoms with Crippen LogP contribution >= 0.6 is 0 Å². The zero-order valence-corrected chi connectivity index (χ0v) is 18.3. The minimum Gasteiger partial charge on any atom is -0.379 e. The predicted molar refractivity (Wildman–Crippen MR) is 114 cm³/mol. The van der Waals surface area contributed by atoms with Crippen molar-refractivity contribution in [3.63, 3.8) is 0 Å². The Hall–Kier alpha value is -2.66. The second-order valence-electron chi connectivity index (χ2n) is 8.41. The van der Waals surface area contributed by atoms with Crippen molar-refractivity contribution in [2.24, 2.45) is 0 Å². The van der Waals surface area contributed by atoms with Crippen LogP contribution in [0.5, 0.6) is 0 Å². The van der Waals surface area contributed by atoms with Crippen LogP contribution < -0.4 is 11.0 Å². The molecule has 0 aliphatic carbocycles. The van der Waals surface area contributed by atoms with E-state index in [1.165, 1.54) is 16.8 Å².